The second kappa shape index (κ2) is 8.70. The Kier molecular flexibility index (Phi) is 6.63. The number of halogens is 1. The van der Waals surface area contributed by atoms with Crippen LogP contribution in [-0.2, 0) is 11.3 Å². The predicted molar refractivity (Wildman–Crippen MR) is 99.2 cm³/mol. The number of thioether (sulfide) groups is 1. The fourth-order valence-electron chi connectivity index (χ4n) is 2.01. The van der Waals surface area contributed by atoms with E-state index < -0.39 is 0 Å². The van der Waals surface area contributed by atoms with Gasteiger partial charge in [-0.3, -0.25) is 9.36 Å². The molecule has 1 atom stereocenters. The molecular weight excluding hydrogens is 344 g/mol. The third kappa shape index (κ3) is 4.49. The van der Waals surface area contributed by atoms with Crippen LogP contribution in [0.15, 0.2) is 54.7 Å². The highest BCUT2D eigenvalue weighted by atomic mass is 35.5. The van der Waals surface area contributed by atoms with Crippen molar-refractivity contribution in [2.45, 2.75) is 23.9 Å². The number of rotatable bonds is 8. The molecule has 0 aliphatic carbocycles. The lowest BCUT2D eigenvalue weighted by atomic mass is 10.2. The zero-order valence-electron chi connectivity index (χ0n) is 13.4. The Bertz CT molecular complexity index is 727. The molecule has 0 aliphatic rings. The topological polar surface area (TPSA) is 59.8 Å². The summed E-state index contributed by atoms with van der Waals surface area (Å²) < 4.78 is 1.93. The Labute approximate surface area is 150 Å². The van der Waals surface area contributed by atoms with Gasteiger partial charge in [-0.25, -0.2) is 0 Å². The van der Waals surface area contributed by atoms with E-state index in [1.807, 2.05) is 35.8 Å². The first kappa shape index (κ1) is 18.3. The second-order valence-corrected chi connectivity index (χ2v) is 6.75. The van der Waals surface area contributed by atoms with Crippen LogP contribution in [0, 0.1) is 0 Å². The minimum Gasteiger partial charge on any atom is -0.352 e. The Morgan fingerprint density at radius 2 is 2.04 bits per heavy atom. The summed E-state index contributed by atoms with van der Waals surface area (Å²) in [6.07, 6.45) is 3.42. The van der Waals surface area contributed by atoms with E-state index in [-0.39, 0.29) is 11.2 Å². The van der Waals surface area contributed by atoms with Gasteiger partial charge in [0, 0.05) is 23.7 Å². The van der Waals surface area contributed by atoms with Crippen LogP contribution in [0.25, 0.3) is 11.4 Å². The van der Waals surface area contributed by atoms with E-state index in [1.54, 1.807) is 12.2 Å². The van der Waals surface area contributed by atoms with Gasteiger partial charge < -0.3 is 5.32 Å². The van der Waals surface area contributed by atoms with Gasteiger partial charge in [0.25, 0.3) is 0 Å². The van der Waals surface area contributed by atoms with Gasteiger partial charge in [0.2, 0.25) is 5.91 Å². The summed E-state index contributed by atoms with van der Waals surface area (Å²) in [5.41, 5.74) is 0.907. The number of amides is 1. The van der Waals surface area contributed by atoms with Gasteiger partial charge in [-0.05, 0) is 31.2 Å². The fourth-order valence-corrected chi connectivity index (χ4v) is 3.02. The highest BCUT2D eigenvalue weighted by Gasteiger charge is 2.20. The number of carbonyl (C=O) groups is 1. The lowest BCUT2D eigenvalue weighted by Crippen LogP contribution is -2.31. The van der Waals surface area contributed by atoms with Crippen LogP contribution in [0.5, 0.6) is 0 Å². The van der Waals surface area contributed by atoms with Crippen LogP contribution in [0.4, 0.5) is 0 Å². The lowest BCUT2D eigenvalue weighted by molar-refractivity contribution is -0.120. The van der Waals surface area contributed by atoms with Crippen LogP contribution < -0.4 is 5.32 Å². The van der Waals surface area contributed by atoms with Gasteiger partial charge in [0.1, 0.15) is 0 Å². The maximum Gasteiger partial charge on any atom is 0.233 e. The van der Waals surface area contributed by atoms with Crippen LogP contribution in [0.3, 0.4) is 0 Å². The quantitative estimate of drug-likeness (QED) is 0.576. The molecule has 1 aromatic heterocycles. The summed E-state index contributed by atoms with van der Waals surface area (Å²) >= 11 is 7.29. The fraction of sp³-hybridized carbons (Fsp3) is 0.235. The maximum atomic E-state index is 12.0. The number of nitrogens with zero attached hydrogens (tertiary/aromatic N) is 3. The van der Waals surface area contributed by atoms with E-state index in [4.69, 9.17) is 11.6 Å². The SMILES string of the molecule is C=CCNC(=O)C(C)Sc1nnc(-c2ccc(Cl)cc2)n1CC=C. The molecule has 0 saturated carbocycles. The van der Waals surface area contributed by atoms with Crippen molar-refractivity contribution in [3.05, 3.63) is 54.6 Å². The zero-order chi connectivity index (χ0) is 17.5. The van der Waals surface area contributed by atoms with E-state index in [0.717, 1.165) is 5.56 Å². The molecule has 0 aliphatic heterocycles. The molecular formula is C17H19ClN4OS. The second-order valence-electron chi connectivity index (χ2n) is 5.01. The highest BCUT2D eigenvalue weighted by molar-refractivity contribution is 8.00. The van der Waals surface area contributed by atoms with Crippen molar-refractivity contribution in [2.24, 2.45) is 0 Å². The minimum atomic E-state index is -0.296. The van der Waals surface area contributed by atoms with Crippen molar-refractivity contribution < 1.29 is 4.79 Å². The molecule has 7 heteroatoms. The van der Waals surface area contributed by atoms with Gasteiger partial charge in [-0.2, -0.15) is 0 Å². The number of benzene rings is 1. The highest BCUT2D eigenvalue weighted by Crippen LogP contribution is 2.27. The van der Waals surface area contributed by atoms with E-state index in [0.29, 0.717) is 29.1 Å². The van der Waals surface area contributed by atoms with Crippen molar-refractivity contribution in [3.63, 3.8) is 0 Å². The summed E-state index contributed by atoms with van der Waals surface area (Å²) in [5, 5.41) is 12.3. The average Bonchev–Trinajstić information content (AvgIpc) is 2.96. The van der Waals surface area contributed by atoms with Crippen LogP contribution in [-0.4, -0.2) is 32.5 Å². The summed E-state index contributed by atoms with van der Waals surface area (Å²) in [6.45, 7) is 10.2. The van der Waals surface area contributed by atoms with Crippen molar-refractivity contribution in [3.8, 4) is 11.4 Å². The molecule has 0 radical (unpaired) electrons. The van der Waals surface area contributed by atoms with E-state index >= 15 is 0 Å². The molecule has 2 rings (SSSR count). The molecule has 0 fully saturated rings. The third-order valence-electron chi connectivity index (χ3n) is 3.20. The number of hydrogen-bond donors (Lipinski definition) is 1. The number of carbonyl (C=O) groups excluding carboxylic acids is 1. The molecule has 1 aromatic carbocycles. The van der Waals surface area contributed by atoms with E-state index in [9.17, 15) is 4.79 Å². The molecule has 1 heterocycles. The molecule has 126 valence electrons. The monoisotopic (exact) mass is 362 g/mol. The average molecular weight is 363 g/mol. The molecule has 24 heavy (non-hydrogen) atoms. The zero-order valence-corrected chi connectivity index (χ0v) is 15.0. The van der Waals surface area contributed by atoms with Gasteiger partial charge in [-0.1, -0.05) is 35.5 Å². The van der Waals surface area contributed by atoms with Crippen molar-refractivity contribution in [1.82, 2.24) is 20.1 Å². The Morgan fingerprint density at radius 3 is 2.67 bits per heavy atom. The van der Waals surface area contributed by atoms with Gasteiger partial charge in [0.15, 0.2) is 11.0 Å². The van der Waals surface area contributed by atoms with Gasteiger partial charge in [-0.15, -0.1) is 23.4 Å². The third-order valence-corrected chi connectivity index (χ3v) is 4.54. The Balaban J connectivity index is 2.24. The largest absolute Gasteiger partial charge is 0.352 e. The van der Waals surface area contributed by atoms with Crippen LogP contribution in [0.1, 0.15) is 6.92 Å². The first-order chi connectivity index (χ1) is 11.6. The maximum absolute atomic E-state index is 12.0. The molecule has 0 spiro atoms. The normalized spacial score (nSPS) is 11.8. The Morgan fingerprint density at radius 1 is 1.33 bits per heavy atom. The summed E-state index contributed by atoms with van der Waals surface area (Å²) in [5.74, 6) is 0.647. The van der Waals surface area contributed by atoms with Gasteiger partial charge >= 0.3 is 0 Å². The Hall–Kier alpha value is -2.05. The molecule has 0 saturated heterocycles. The molecule has 1 amide bonds. The molecule has 1 N–H and O–H groups in total. The number of aromatic nitrogens is 3. The van der Waals surface area contributed by atoms with Crippen molar-refractivity contribution in [2.75, 3.05) is 6.54 Å². The smallest absolute Gasteiger partial charge is 0.233 e. The number of allylic oxidation sites excluding steroid dienone is 1. The summed E-state index contributed by atoms with van der Waals surface area (Å²) in [4.78, 5) is 12.0. The summed E-state index contributed by atoms with van der Waals surface area (Å²) in [7, 11) is 0. The summed E-state index contributed by atoms with van der Waals surface area (Å²) in [6, 6.07) is 7.39. The van der Waals surface area contributed by atoms with E-state index in [1.165, 1.54) is 11.8 Å². The molecule has 2 aromatic rings. The van der Waals surface area contributed by atoms with E-state index in [2.05, 4.69) is 28.7 Å². The lowest BCUT2D eigenvalue weighted by Gasteiger charge is -2.12. The first-order valence-corrected chi connectivity index (χ1v) is 8.68. The standard InChI is InChI=1S/C17H19ClN4OS/c1-4-10-19-16(23)12(3)24-17-21-20-15(22(17)11-5-2)13-6-8-14(18)9-7-13/h4-9,12H,1-2,10-11H2,3H3,(H,19,23). The van der Waals surface area contributed by atoms with Crippen molar-refractivity contribution >= 4 is 29.3 Å². The minimum absolute atomic E-state index is 0.0684. The number of nitrogens with one attached hydrogen (secondary N) is 1. The number of hydrogen-bond acceptors (Lipinski definition) is 4. The first-order valence-electron chi connectivity index (χ1n) is 7.42. The van der Waals surface area contributed by atoms with Crippen LogP contribution in [0.2, 0.25) is 5.02 Å². The predicted octanol–water partition coefficient (Wildman–Crippen LogP) is 3.57. The molecule has 5 nitrogen and oxygen atoms in total. The van der Waals surface area contributed by atoms with Gasteiger partial charge in [0.05, 0.1) is 5.25 Å². The molecule has 1 unspecified atom stereocenters. The van der Waals surface area contributed by atoms with Crippen molar-refractivity contribution in [1.29, 1.82) is 0 Å². The van der Waals surface area contributed by atoms with Crippen LogP contribution >= 0.6 is 23.4 Å². The molecule has 0 bridgehead atoms.